The Bertz CT molecular complexity index is 540. The molecule has 2 rings (SSSR count). The zero-order valence-corrected chi connectivity index (χ0v) is 10.8. The second-order valence-corrected chi connectivity index (χ2v) is 4.26. The van der Waals surface area contributed by atoms with Crippen LogP contribution in [0.5, 0.6) is 0 Å². The molecular formula is C11H16N4OS. The lowest BCUT2D eigenvalue weighted by atomic mass is 10.3. The van der Waals surface area contributed by atoms with Crippen LogP contribution in [0.15, 0.2) is 16.5 Å². The Balaban J connectivity index is 2.08. The van der Waals surface area contributed by atoms with Crippen molar-refractivity contribution in [2.24, 2.45) is 0 Å². The predicted octanol–water partition coefficient (Wildman–Crippen LogP) is 2.54. The van der Waals surface area contributed by atoms with E-state index in [1.54, 1.807) is 4.68 Å². The number of hydrogen-bond acceptors (Lipinski definition) is 4. The van der Waals surface area contributed by atoms with Gasteiger partial charge >= 0.3 is 0 Å². The maximum absolute atomic E-state index is 5.48. The van der Waals surface area contributed by atoms with Crippen molar-refractivity contribution in [3.63, 3.8) is 0 Å². The highest BCUT2D eigenvalue weighted by Crippen LogP contribution is 2.07. The fourth-order valence-electron chi connectivity index (χ4n) is 1.62. The molecule has 2 aromatic heterocycles. The van der Waals surface area contributed by atoms with E-state index in [0.29, 0.717) is 11.3 Å². The number of aryl methyl sites for hydroxylation is 2. The first kappa shape index (κ1) is 11.9. The Hall–Kier alpha value is -1.56. The minimum atomic E-state index is 0.580. The van der Waals surface area contributed by atoms with Crippen LogP contribution in [-0.4, -0.2) is 14.9 Å². The molecule has 0 saturated carbocycles. The van der Waals surface area contributed by atoms with E-state index in [4.69, 9.17) is 16.6 Å². The average Bonchev–Trinajstić information content (AvgIpc) is 2.85. The fraction of sp³-hybridized carbons (Fsp3) is 0.455. The minimum Gasteiger partial charge on any atom is -0.464 e. The van der Waals surface area contributed by atoms with E-state index in [2.05, 4.69) is 22.5 Å². The molecule has 17 heavy (non-hydrogen) atoms. The van der Waals surface area contributed by atoms with Crippen LogP contribution in [0, 0.1) is 11.7 Å². The molecule has 0 unspecified atom stereocenters. The van der Waals surface area contributed by atoms with Crippen LogP contribution in [0.3, 0.4) is 0 Å². The van der Waals surface area contributed by atoms with Gasteiger partial charge in [0, 0.05) is 6.42 Å². The third kappa shape index (κ3) is 2.76. The normalized spacial score (nSPS) is 10.7. The van der Waals surface area contributed by atoms with E-state index in [1.807, 2.05) is 19.1 Å². The summed E-state index contributed by atoms with van der Waals surface area (Å²) in [6.07, 6.45) is 1.92. The van der Waals surface area contributed by atoms with Crippen LogP contribution in [-0.2, 0) is 13.0 Å². The van der Waals surface area contributed by atoms with Gasteiger partial charge in [0.2, 0.25) is 4.77 Å². The van der Waals surface area contributed by atoms with Crippen LogP contribution < -0.4 is 5.43 Å². The molecule has 2 N–H and O–H groups in total. The van der Waals surface area contributed by atoms with Gasteiger partial charge in [0.25, 0.3) is 0 Å². The summed E-state index contributed by atoms with van der Waals surface area (Å²) in [5, 5.41) is 6.96. The SMILES string of the molecule is CCCc1n[nH]c(=S)n1NCc1ccc(C)o1. The highest BCUT2D eigenvalue weighted by molar-refractivity contribution is 7.71. The summed E-state index contributed by atoms with van der Waals surface area (Å²) in [5.41, 5.74) is 3.20. The molecule has 2 aromatic rings. The van der Waals surface area contributed by atoms with Gasteiger partial charge in [0.15, 0.2) is 5.82 Å². The number of aromatic nitrogens is 3. The summed E-state index contributed by atoms with van der Waals surface area (Å²) >= 11 is 5.16. The van der Waals surface area contributed by atoms with Crippen LogP contribution in [0.25, 0.3) is 0 Å². The van der Waals surface area contributed by atoms with Gasteiger partial charge in [0.05, 0.1) is 6.54 Å². The van der Waals surface area contributed by atoms with Crippen molar-refractivity contribution in [1.29, 1.82) is 0 Å². The number of nitrogens with one attached hydrogen (secondary N) is 2. The van der Waals surface area contributed by atoms with Crippen molar-refractivity contribution in [3.8, 4) is 0 Å². The van der Waals surface area contributed by atoms with Crippen molar-refractivity contribution < 1.29 is 4.42 Å². The first-order valence-electron chi connectivity index (χ1n) is 5.66. The lowest BCUT2D eigenvalue weighted by molar-refractivity contribution is 0.483. The lowest BCUT2D eigenvalue weighted by Gasteiger charge is -2.07. The monoisotopic (exact) mass is 252 g/mol. The van der Waals surface area contributed by atoms with Crippen LogP contribution >= 0.6 is 12.2 Å². The second-order valence-electron chi connectivity index (χ2n) is 3.88. The topological polar surface area (TPSA) is 58.8 Å². The molecule has 5 nitrogen and oxygen atoms in total. The number of H-pyrrole nitrogens is 1. The number of furan rings is 1. The van der Waals surface area contributed by atoms with E-state index in [1.165, 1.54) is 0 Å². The zero-order chi connectivity index (χ0) is 12.3. The van der Waals surface area contributed by atoms with Crippen molar-refractivity contribution >= 4 is 12.2 Å². The number of rotatable bonds is 5. The van der Waals surface area contributed by atoms with Crippen molar-refractivity contribution in [1.82, 2.24) is 14.9 Å². The molecule has 2 heterocycles. The highest BCUT2D eigenvalue weighted by Gasteiger charge is 2.05. The zero-order valence-electron chi connectivity index (χ0n) is 9.99. The van der Waals surface area contributed by atoms with Gasteiger partial charge in [0.1, 0.15) is 11.5 Å². The third-order valence-electron chi connectivity index (χ3n) is 2.42. The first-order chi connectivity index (χ1) is 8.20. The largest absolute Gasteiger partial charge is 0.464 e. The Morgan fingerprint density at radius 2 is 2.35 bits per heavy atom. The molecule has 0 radical (unpaired) electrons. The van der Waals surface area contributed by atoms with Gasteiger partial charge in [-0.1, -0.05) is 6.92 Å². The summed E-state index contributed by atoms with van der Waals surface area (Å²) in [4.78, 5) is 0. The summed E-state index contributed by atoms with van der Waals surface area (Å²) in [6, 6.07) is 3.89. The van der Waals surface area contributed by atoms with Gasteiger partial charge in [-0.15, -0.1) is 0 Å². The van der Waals surface area contributed by atoms with Crippen LogP contribution in [0.1, 0.15) is 30.7 Å². The Labute approximate surface area is 105 Å². The molecule has 6 heteroatoms. The van der Waals surface area contributed by atoms with Crippen molar-refractivity contribution in [3.05, 3.63) is 34.2 Å². The molecule has 0 amide bonds. The molecule has 0 aliphatic heterocycles. The molecule has 0 bridgehead atoms. The quantitative estimate of drug-likeness (QED) is 0.803. The molecule has 0 aliphatic carbocycles. The standard InChI is InChI=1S/C11H16N4OS/c1-3-4-10-13-14-11(17)15(10)12-7-9-6-5-8(2)16-9/h5-6,12H,3-4,7H2,1-2H3,(H,14,17). The first-order valence-corrected chi connectivity index (χ1v) is 6.07. The molecule has 0 spiro atoms. The van der Waals surface area contributed by atoms with E-state index in [9.17, 15) is 0 Å². The van der Waals surface area contributed by atoms with Gasteiger partial charge in [-0.3, -0.25) is 5.10 Å². The van der Waals surface area contributed by atoms with Crippen LogP contribution in [0.2, 0.25) is 0 Å². The van der Waals surface area contributed by atoms with Crippen molar-refractivity contribution in [2.45, 2.75) is 33.2 Å². The van der Waals surface area contributed by atoms with Gasteiger partial charge < -0.3 is 9.84 Å². The number of aromatic amines is 1. The Kier molecular flexibility index (Phi) is 3.63. The van der Waals surface area contributed by atoms with E-state index < -0.39 is 0 Å². The van der Waals surface area contributed by atoms with Gasteiger partial charge in [-0.05, 0) is 37.7 Å². The number of hydrogen-bond donors (Lipinski definition) is 2. The summed E-state index contributed by atoms with van der Waals surface area (Å²) in [6.45, 7) is 4.63. The summed E-state index contributed by atoms with van der Waals surface area (Å²) in [7, 11) is 0. The molecule has 0 aliphatic rings. The maximum atomic E-state index is 5.48. The lowest BCUT2D eigenvalue weighted by Crippen LogP contribution is -2.17. The average molecular weight is 252 g/mol. The van der Waals surface area contributed by atoms with Crippen LogP contribution in [0.4, 0.5) is 0 Å². The number of nitrogens with zero attached hydrogens (tertiary/aromatic N) is 2. The Morgan fingerprint density at radius 3 is 3.00 bits per heavy atom. The van der Waals surface area contributed by atoms with Gasteiger partial charge in [-0.2, -0.15) is 5.10 Å². The van der Waals surface area contributed by atoms with E-state index in [0.717, 1.165) is 30.2 Å². The van der Waals surface area contributed by atoms with Gasteiger partial charge in [-0.25, -0.2) is 4.68 Å². The summed E-state index contributed by atoms with van der Waals surface area (Å²) in [5.74, 6) is 2.71. The highest BCUT2D eigenvalue weighted by atomic mass is 32.1. The molecular weight excluding hydrogens is 236 g/mol. The second kappa shape index (κ2) is 5.18. The smallest absolute Gasteiger partial charge is 0.214 e. The Morgan fingerprint density at radius 1 is 1.53 bits per heavy atom. The molecule has 0 fully saturated rings. The van der Waals surface area contributed by atoms with Crippen molar-refractivity contribution in [2.75, 3.05) is 5.43 Å². The third-order valence-corrected chi connectivity index (χ3v) is 2.70. The fourth-order valence-corrected chi connectivity index (χ4v) is 1.84. The van der Waals surface area contributed by atoms with E-state index in [-0.39, 0.29) is 0 Å². The predicted molar refractivity (Wildman–Crippen MR) is 67.9 cm³/mol. The summed E-state index contributed by atoms with van der Waals surface area (Å²) < 4.78 is 7.86. The minimum absolute atomic E-state index is 0.580. The molecule has 0 aromatic carbocycles. The van der Waals surface area contributed by atoms with E-state index >= 15 is 0 Å². The molecule has 0 saturated heterocycles. The maximum Gasteiger partial charge on any atom is 0.214 e. The molecule has 0 atom stereocenters. The molecule has 92 valence electrons.